The van der Waals surface area contributed by atoms with Gasteiger partial charge in [0.1, 0.15) is 0 Å². The molecule has 2 aromatic carbocycles. The van der Waals surface area contributed by atoms with E-state index < -0.39 is 10.0 Å². The number of hydrogen-bond donors (Lipinski definition) is 0. The van der Waals surface area contributed by atoms with Crippen molar-refractivity contribution in [3.8, 4) is 11.5 Å². The van der Waals surface area contributed by atoms with Crippen molar-refractivity contribution in [2.24, 2.45) is 0 Å². The lowest BCUT2D eigenvalue weighted by atomic mass is 10.1. The third-order valence-corrected chi connectivity index (χ3v) is 7.54. The van der Waals surface area contributed by atoms with Crippen molar-refractivity contribution in [1.29, 1.82) is 0 Å². The van der Waals surface area contributed by atoms with Gasteiger partial charge in [-0.15, -0.1) is 0 Å². The zero-order chi connectivity index (χ0) is 20.8. The number of sulfonamides is 1. The lowest BCUT2D eigenvalue weighted by Gasteiger charge is -2.20. The molecule has 0 saturated carbocycles. The third-order valence-electron chi connectivity index (χ3n) is 5.21. The average molecular weight is 437 g/mol. The zero-order valence-corrected chi connectivity index (χ0v) is 17.7. The lowest BCUT2D eigenvalue weighted by molar-refractivity contribution is 0.0989. The quantitative estimate of drug-likeness (QED) is 0.718. The number of nitrogens with zero attached hydrogens (tertiary/aromatic N) is 2. The zero-order valence-electron chi connectivity index (χ0n) is 16.1. The molecule has 2 aromatic rings. The van der Waals surface area contributed by atoms with Crippen molar-refractivity contribution < 1.29 is 22.7 Å². The Kier molecular flexibility index (Phi) is 5.18. The molecule has 0 spiro atoms. The summed E-state index contributed by atoms with van der Waals surface area (Å²) < 4.78 is 37.6. The number of ether oxygens (including phenoxy) is 2. The Morgan fingerprint density at radius 1 is 1.17 bits per heavy atom. The number of hydrogen-bond acceptors (Lipinski definition) is 5. The maximum atomic E-state index is 13.1. The highest BCUT2D eigenvalue weighted by molar-refractivity contribution is 7.89. The molecule has 7 nitrogen and oxygen atoms in total. The van der Waals surface area contributed by atoms with Gasteiger partial charge in [-0.3, -0.25) is 4.79 Å². The van der Waals surface area contributed by atoms with Crippen molar-refractivity contribution in [2.45, 2.75) is 25.2 Å². The van der Waals surface area contributed by atoms with E-state index in [1.807, 2.05) is 13.8 Å². The number of rotatable bonds is 5. The Balaban J connectivity index is 1.65. The van der Waals surface area contributed by atoms with Crippen LogP contribution >= 0.6 is 11.6 Å². The molecule has 0 aromatic heterocycles. The van der Waals surface area contributed by atoms with Gasteiger partial charge in [0.2, 0.25) is 16.8 Å². The molecule has 0 atom stereocenters. The summed E-state index contributed by atoms with van der Waals surface area (Å²) in [6.45, 7) is 4.98. The summed E-state index contributed by atoms with van der Waals surface area (Å²) in [5.41, 5.74) is 1.94. The molecule has 0 saturated heterocycles. The molecule has 1 amide bonds. The molecular weight excluding hydrogens is 416 g/mol. The van der Waals surface area contributed by atoms with Crippen LogP contribution in [0.5, 0.6) is 11.5 Å². The van der Waals surface area contributed by atoms with E-state index in [9.17, 15) is 13.2 Å². The largest absolute Gasteiger partial charge is 0.454 e. The van der Waals surface area contributed by atoms with Crippen molar-refractivity contribution >= 4 is 33.2 Å². The number of benzene rings is 2. The van der Waals surface area contributed by atoms with Crippen molar-refractivity contribution in [1.82, 2.24) is 4.31 Å². The molecule has 2 aliphatic heterocycles. The van der Waals surface area contributed by atoms with Gasteiger partial charge in [0.15, 0.2) is 11.5 Å². The Morgan fingerprint density at radius 3 is 2.66 bits per heavy atom. The predicted octanol–water partition coefficient (Wildman–Crippen LogP) is 3.30. The van der Waals surface area contributed by atoms with E-state index in [-0.39, 0.29) is 17.6 Å². The first-order valence-electron chi connectivity index (χ1n) is 9.41. The number of anilines is 1. The molecule has 2 aliphatic rings. The topological polar surface area (TPSA) is 76.2 Å². The minimum atomic E-state index is -3.54. The van der Waals surface area contributed by atoms with E-state index >= 15 is 0 Å². The van der Waals surface area contributed by atoms with Crippen LogP contribution in [0.3, 0.4) is 0 Å². The van der Waals surface area contributed by atoms with Crippen molar-refractivity contribution in [3.63, 3.8) is 0 Å². The summed E-state index contributed by atoms with van der Waals surface area (Å²) >= 11 is 6.21. The first kappa shape index (κ1) is 20.0. The van der Waals surface area contributed by atoms with Gasteiger partial charge in [0, 0.05) is 30.9 Å². The fourth-order valence-electron chi connectivity index (χ4n) is 3.71. The third kappa shape index (κ3) is 3.35. The van der Waals surface area contributed by atoms with E-state index in [4.69, 9.17) is 21.1 Å². The van der Waals surface area contributed by atoms with Crippen LogP contribution in [0.1, 0.15) is 29.8 Å². The van der Waals surface area contributed by atoms with Crippen LogP contribution in [0, 0.1) is 0 Å². The van der Waals surface area contributed by atoms with Gasteiger partial charge >= 0.3 is 0 Å². The molecule has 0 radical (unpaired) electrons. The van der Waals surface area contributed by atoms with E-state index in [0.29, 0.717) is 53.8 Å². The molecular formula is C20H21ClN2O5S. The highest BCUT2D eigenvalue weighted by Gasteiger charge is 2.30. The van der Waals surface area contributed by atoms with Crippen LogP contribution < -0.4 is 14.4 Å². The smallest absolute Gasteiger partial charge is 0.258 e. The Labute approximate surface area is 174 Å². The molecule has 0 fully saturated rings. The maximum Gasteiger partial charge on any atom is 0.258 e. The lowest BCUT2D eigenvalue weighted by Crippen LogP contribution is -2.30. The first-order valence-corrected chi connectivity index (χ1v) is 11.2. The molecule has 9 heteroatoms. The van der Waals surface area contributed by atoms with Crippen molar-refractivity contribution in [2.75, 3.05) is 31.3 Å². The fraction of sp³-hybridized carbons (Fsp3) is 0.350. The first-order chi connectivity index (χ1) is 13.9. The molecule has 0 N–H and O–H groups in total. The van der Waals surface area contributed by atoms with Gasteiger partial charge in [-0.2, -0.15) is 4.31 Å². The number of carbonyl (C=O) groups excluding carboxylic acids is 1. The SMILES string of the molecule is CCN(CC)S(=O)(=O)c1ccc2c(c1)CCN2C(=O)c1cc(Cl)c2c(c1)OCO2. The normalized spacial score (nSPS) is 15.1. The Morgan fingerprint density at radius 2 is 1.93 bits per heavy atom. The van der Waals surface area contributed by atoms with E-state index in [1.165, 1.54) is 4.31 Å². The highest BCUT2D eigenvalue weighted by Crippen LogP contribution is 2.41. The summed E-state index contributed by atoms with van der Waals surface area (Å²) in [7, 11) is -3.54. The summed E-state index contributed by atoms with van der Waals surface area (Å²) in [5.74, 6) is 0.667. The predicted molar refractivity (Wildman–Crippen MR) is 110 cm³/mol. The van der Waals surface area contributed by atoms with E-state index in [0.717, 1.165) is 5.56 Å². The molecule has 2 heterocycles. The number of amides is 1. The van der Waals surface area contributed by atoms with Gasteiger partial charge in [-0.1, -0.05) is 25.4 Å². The van der Waals surface area contributed by atoms with E-state index in [1.54, 1.807) is 35.2 Å². The molecule has 0 bridgehead atoms. The van der Waals surface area contributed by atoms with Crippen LogP contribution in [-0.4, -0.2) is 45.1 Å². The number of fused-ring (bicyclic) bond motifs is 2. The number of carbonyl (C=O) groups is 1. The second-order valence-corrected chi connectivity index (χ2v) is 9.12. The average Bonchev–Trinajstić information content (AvgIpc) is 3.34. The van der Waals surface area contributed by atoms with Gasteiger partial charge in [-0.05, 0) is 42.3 Å². The minimum Gasteiger partial charge on any atom is -0.454 e. The van der Waals surface area contributed by atoms with Gasteiger partial charge < -0.3 is 14.4 Å². The molecule has 29 heavy (non-hydrogen) atoms. The molecule has 4 rings (SSSR count). The highest BCUT2D eigenvalue weighted by atomic mass is 35.5. The second-order valence-electron chi connectivity index (χ2n) is 6.78. The van der Waals surface area contributed by atoms with Gasteiger partial charge in [0.05, 0.1) is 9.92 Å². The van der Waals surface area contributed by atoms with Crippen LogP contribution in [0.2, 0.25) is 5.02 Å². The second kappa shape index (κ2) is 7.51. The summed E-state index contributed by atoms with van der Waals surface area (Å²) in [5, 5.41) is 0.323. The maximum absolute atomic E-state index is 13.1. The monoisotopic (exact) mass is 436 g/mol. The number of halogens is 1. The van der Waals surface area contributed by atoms with Crippen LogP contribution in [-0.2, 0) is 16.4 Å². The van der Waals surface area contributed by atoms with Crippen LogP contribution in [0.4, 0.5) is 5.69 Å². The van der Waals surface area contributed by atoms with E-state index in [2.05, 4.69) is 0 Å². The Bertz CT molecular complexity index is 1080. The van der Waals surface area contributed by atoms with Crippen LogP contribution in [0.25, 0.3) is 0 Å². The van der Waals surface area contributed by atoms with Gasteiger partial charge in [-0.25, -0.2) is 8.42 Å². The standard InChI is InChI=1S/C20H21ClN2O5S/c1-3-22(4-2)29(25,26)15-5-6-17-13(9-15)7-8-23(17)20(24)14-10-16(21)19-18(11-14)27-12-28-19/h5-6,9-11H,3-4,7-8,12H2,1-2H3. The van der Waals surface area contributed by atoms with Gasteiger partial charge in [0.25, 0.3) is 5.91 Å². The minimum absolute atomic E-state index is 0.0725. The molecule has 0 unspecified atom stereocenters. The summed E-state index contributed by atoms with van der Waals surface area (Å²) in [6.07, 6.45) is 0.584. The van der Waals surface area contributed by atoms with Crippen LogP contribution in [0.15, 0.2) is 35.2 Å². The summed E-state index contributed by atoms with van der Waals surface area (Å²) in [6, 6.07) is 8.11. The fourth-order valence-corrected chi connectivity index (χ4v) is 5.48. The Hall–Kier alpha value is -2.29. The molecule has 0 aliphatic carbocycles. The summed E-state index contributed by atoms with van der Waals surface area (Å²) in [4.78, 5) is 15.0. The molecule has 154 valence electrons. The van der Waals surface area contributed by atoms with Crippen molar-refractivity contribution in [3.05, 3.63) is 46.5 Å².